The van der Waals surface area contributed by atoms with E-state index in [2.05, 4.69) is 10.3 Å². The number of halogens is 1. The van der Waals surface area contributed by atoms with Crippen molar-refractivity contribution in [3.63, 3.8) is 0 Å². The summed E-state index contributed by atoms with van der Waals surface area (Å²) in [6.07, 6.45) is 1.72. The fourth-order valence-corrected chi connectivity index (χ4v) is 2.22. The van der Waals surface area contributed by atoms with Crippen LogP contribution < -0.4 is 10.1 Å². The van der Waals surface area contributed by atoms with Crippen LogP contribution in [0, 0.1) is 5.82 Å². The minimum atomic E-state index is -0.372. The number of hydrogen-bond acceptors (Lipinski definition) is 3. The Bertz CT molecular complexity index is 768. The summed E-state index contributed by atoms with van der Waals surface area (Å²) < 4.78 is 19.8. The number of fused-ring (bicyclic) bond motifs is 1. The topological polar surface area (TPSA) is 34.1 Å². The van der Waals surface area contributed by atoms with Crippen molar-refractivity contribution in [1.29, 1.82) is 0 Å². The van der Waals surface area contributed by atoms with E-state index in [-0.39, 0.29) is 11.6 Å². The normalized spacial score (nSPS) is 10.8. The van der Waals surface area contributed by atoms with Crippen LogP contribution in [0.2, 0.25) is 0 Å². The van der Waals surface area contributed by atoms with Gasteiger partial charge in [-0.15, -0.1) is 0 Å². The Balaban J connectivity index is 1.95. The molecule has 21 heavy (non-hydrogen) atoms. The highest BCUT2D eigenvalue weighted by Gasteiger charge is 2.08. The molecule has 0 unspecified atom stereocenters. The fraction of sp³-hybridized carbons (Fsp3) is 0.118. The number of nitrogens with one attached hydrogen (secondary N) is 1. The lowest BCUT2D eigenvalue weighted by molar-refractivity contribution is 0.445. The second-order valence-electron chi connectivity index (χ2n) is 4.72. The summed E-state index contributed by atoms with van der Waals surface area (Å²) in [4.78, 5) is 4.26. The largest absolute Gasteiger partial charge is 0.454 e. The summed E-state index contributed by atoms with van der Waals surface area (Å²) >= 11 is 0. The molecule has 0 aliphatic heterocycles. The predicted octanol–water partition coefficient (Wildman–Crippen LogP) is 3.89. The van der Waals surface area contributed by atoms with Gasteiger partial charge in [-0.1, -0.05) is 12.1 Å². The molecule has 1 N–H and O–H groups in total. The Hall–Kier alpha value is -2.46. The third-order valence-electron chi connectivity index (χ3n) is 3.20. The van der Waals surface area contributed by atoms with Crippen LogP contribution in [-0.4, -0.2) is 12.0 Å². The van der Waals surface area contributed by atoms with E-state index in [0.717, 1.165) is 16.5 Å². The van der Waals surface area contributed by atoms with Gasteiger partial charge in [0, 0.05) is 18.1 Å². The van der Waals surface area contributed by atoms with Gasteiger partial charge in [0.05, 0.1) is 5.52 Å². The number of pyridine rings is 1. The molecule has 0 aliphatic carbocycles. The summed E-state index contributed by atoms with van der Waals surface area (Å²) in [5.41, 5.74) is 1.70. The van der Waals surface area contributed by atoms with Crippen LogP contribution in [0.15, 0.2) is 54.7 Å². The van der Waals surface area contributed by atoms with Crippen molar-refractivity contribution in [2.24, 2.45) is 0 Å². The monoisotopic (exact) mass is 282 g/mol. The maximum atomic E-state index is 14.1. The molecule has 3 aromatic rings. The molecule has 4 heteroatoms. The number of rotatable bonds is 4. The minimum absolute atomic E-state index is 0.214. The lowest BCUT2D eigenvalue weighted by Gasteiger charge is -2.10. The van der Waals surface area contributed by atoms with Crippen LogP contribution in [0.25, 0.3) is 10.9 Å². The number of ether oxygens (including phenoxy) is 1. The van der Waals surface area contributed by atoms with E-state index < -0.39 is 0 Å². The van der Waals surface area contributed by atoms with Gasteiger partial charge in [0.15, 0.2) is 11.6 Å². The van der Waals surface area contributed by atoms with E-state index in [4.69, 9.17) is 4.74 Å². The quantitative estimate of drug-likeness (QED) is 0.788. The molecule has 0 bridgehead atoms. The van der Waals surface area contributed by atoms with Gasteiger partial charge in [-0.3, -0.25) is 4.98 Å². The number of aromatic nitrogens is 1. The van der Waals surface area contributed by atoms with Gasteiger partial charge in [-0.2, -0.15) is 0 Å². The highest BCUT2D eigenvalue weighted by atomic mass is 19.1. The molecule has 3 rings (SSSR count). The van der Waals surface area contributed by atoms with E-state index in [9.17, 15) is 4.39 Å². The minimum Gasteiger partial charge on any atom is -0.454 e. The molecule has 2 aromatic carbocycles. The van der Waals surface area contributed by atoms with Crippen LogP contribution in [0.5, 0.6) is 11.5 Å². The Morgan fingerprint density at radius 1 is 1.10 bits per heavy atom. The molecule has 0 fully saturated rings. The number of hydrogen-bond donors (Lipinski definition) is 1. The van der Waals surface area contributed by atoms with E-state index in [1.54, 1.807) is 12.3 Å². The van der Waals surface area contributed by atoms with E-state index in [1.165, 1.54) is 6.07 Å². The standard InChI is InChI=1S/C17H15FN2O/c1-19-11-12-7-8-17(14(18)10-12)21-16-6-2-5-15-13(16)4-3-9-20-15/h2-10,19H,11H2,1H3. The summed E-state index contributed by atoms with van der Waals surface area (Å²) in [5, 5.41) is 3.85. The van der Waals surface area contributed by atoms with Crippen molar-refractivity contribution in [2.45, 2.75) is 6.54 Å². The third-order valence-corrected chi connectivity index (χ3v) is 3.20. The van der Waals surface area contributed by atoms with Crippen molar-refractivity contribution in [3.8, 4) is 11.5 Å². The van der Waals surface area contributed by atoms with Crippen molar-refractivity contribution in [2.75, 3.05) is 7.05 Å². The van der Waals surface area contributed by atoms with E-state index >= 15 is 0 Å². The number of benzene rings is 2. The van der Waals surface area contributed by atoms with Gasteiger partial charge in [0.1, 0.15) is 5.75 Å². The zero-order valence-corrected chi connectivity index (χ0v) is 11.6. The first-order valence-corrected chi connectivity index (χ1v) is 6.72. The average Bonchev–Trinajstić information content (AvgIpc) is 2.51. The summed E-state index contributed by atoms with van der Waals surface area (Å²) in [6, 6.07) is 14.3. The molecular weight excluding hydrogens is 267 g/mol. The first-order chi connectivity index (χ1) is 10.3. The van der Waals surface area contributed by atoms with Gasteiger partial charge in [0.2, 0.25) is 0 Å². The first-order valence-electron chi connectivity index (χ1n) is 6.72. The zero-order chi connectivity index (χ0) is 14.7. The number of nitrogens with zero attached hydrogens (tertiary/aromatic N) is 1. The van der Waals surface area contributed by atoms with E-state index in [0.29, 0.717) is 12.3 Å². The van der Waals surface area contributed by atoms with Crippen LogP contribution in [0.3, 0.4) is 0 Å². The second-order valence-corrected chi connectivity index (χ2v) is 4.72. The van der Waals surface area contributed by atoms with Crippen LogP contribution >= 0.6 is 0 Å². The Morgan fingerprint density at radius 3 is 2.81 bits per heavy atom. The van der Waals surface area contributed by atoms with Crippen molar-refractivity contribution >= 4 is 10.9 Å². The van der Waals surface area contributed by atoms with Crippen molar-refractivity contribution in [1.82, 2.24) is 10.3 Å². The van der Waals surface area contributed by atoms with Crippen molar-refractivity contribution < 1.29 is 9.13 Å². The van der Waals surface area contributed by atoms with Gasteiger partial charge >= 0.3 is 0 Å². The predicted molar refractivity (Wildman–Crippen MR) is 81.0 cm³/mol. The molecule has 0 amide bonds. The summed E-state index contributed by atoms with van der Waals surface area (Å²) in [6.45, 7) is 0.620. The van der Waals surface area contributed by atoms with Crippen LogP contribution in [0.1, 0.15) is 5.56 Å². The molecule has 0 aliphatic rings. The third kappa shape index (κ3) is 2.85. The summed E-state index contributed by atoms with van der Waals surface area (Å²) in [7, 11) is 1.82. The lowest BCUT2D eigenvalue weighted by Crippen LogP contribution is -2.05. The summed E-state index contributed by atoms with van der Waals surface area (Å²) in [5.74, 6) is 0.440. The van der Waals surface area contributed by atoms with Gasteiger partial charge in [-0.05, 0) is 49.0 Å². The molecular formula is C17H15FN2O. The molecule has 0 radical (unpaired) electrons. The highest BCUT2D eigenvalue weighted by molar-refractivity contribution is 5.85. The molecule has 0 saturated heterocycles. The maximum Gasteiger partial charge on any atom is 0.166 e. The smallest absolute Gasteiger partial charge is 0.166 e. The van der Waals surface area contributed by atoms with Crippen LogP contribution in [-0.2, 0) is 6.54 Å². The molecule has 0 spiro atoms. The second kappa shape index (κ2) is 5.89. The zero-order valence-electron chi connectivity index (χ0n) is 11.6. The van der Waals surface area contributed by atoms with Gasteiger partial charge in [0.25, 0.3) is 0 Å². The Labute approximate surface area is 122 Å². The molecule has 1 aromatic heterocycles. The molecule has 106 valence electrons. The molecule has 0 atom stereocenters. The lowest BCUT2D eigenvalue weighted by atomic mass is 10.2. The molecule has 3 nitrogen and oxygen atoms in total. The van der Waals surface area contributed by atoms with Gasteiger partial charge < -0.3 is 10.1 Å². The van der Waals surface area contributed by atoms with Crippen molar-refractivity contribution in [3.05, 3.63) is 66.1 Å². The Kier molecular flexibility index (Phi) is 3.79. The average molecular weight is 282 g/mol. The first kappa shape index (κ1) is 13.5. The molecule has 0 saturated carbocycles. The SMILES string of the molecule is CNCc1ccc(Oc2cccc3ncccc23)c(F)c1. The maximum absolute atomic E-state index is 14.1. The van der Waals surface area contributed by atoms with E-state index in [1.807, 2.05) is 43.4 Å². The fourth-order valence-electron chi connectivity index (χ4n) is 2.22. The highest BCUT2D eigenvalue weighted by Crippen LogP contribution is 2.30. The van der Waals surface area contributed by atoms with Crippen LogP contribution in [0.4, 0.5) is 4.39 Å². The van der Waals surface area contributed by atoms with Gasteiger partial charge in [-0.25, -0.2) is 4.39 Å². The molecule has 1 heterocycles. The Morgan fingerprint density at radius 2 is 2.00 bits per heavy atom.